The molecule has 8 nitrogen and oxygen atoms in total. The molecule has 4 aromatic heterocycles. The molecule has 0 radical (unpaired) electrons. The Morgan fingerprint density at radius 1 is 1.09 bits per heavy atom. The molecule has 170 valence electrons. The minimum Gasteiger partial charge on any atom is -0.350 e. The molecule has 33 heavy (non-hydrogen) atoms. The molecule has 7 rings (SSSR count). The third kappa shape index (κ3) is 2.96. The van der Waals surface area contributed by atoms with Crippen LogP contribution in [-0.4, -0.2) is 54.2 Å². The summed E-state index contributed by atoms with van der Waals surface area (Å²) < 4.78 is 30.8. The third-order valence-corrected chi connectivity index (χ3v) is 7.58. The largest absolute Gasteiger partial charge is 0.350 e. The molecule has 1 spiro atoms. The van der Waals surface area contributed by atoms with Crippen LogP contribution in [0.3, 0.4) is 0 Å². The number of alkyl halides is 2. The molecule has 4 aromatic rings. The number of fused-ring (bicyclic) bond motifs is 2. The van der Waals surface area contributed by atoms with Crippen molar-refractivity contribution in [3.8, 4) is 11.1 Å². The van der Waals surface area contributed by atoms with Crippen molar-refractivity contribution in [2.75, 3.05) is 18.4 Å². The molecule has 2 N–H and O–H groups in total. The van der Waals surface area contributed by atoms with E-state index < -0.39 is 5.92 Å². The topological polar surface area (TPSA) is 85.0 Å². The van der Waals surface area contributed by atoms with E-state index in [1.807, 2.05) is 40.5 Å². The number of nitrogens with one attached hydrogen (secondary N) is 2. The van der Waals surface area contributed by atoms with Gasteiger partial charge in [-0.15, -0.1) is 5.10 Å². The zero-order valence-electron chi connectivity index (χ0n) is 18.2. The molecule has 2 aliphatic carbocycles. The van der Waals surface area contributed by atoms with Gasteiger partial charge in [-0.2, -0.15) is 0 Å². The van der Waals surface area contributed by atoms with Crippen LogP contribution in [0.5, 0.6) is 0 Å². The second-order valence-corrected chi connectivity index (χ2v) is 10.0. The summed E-state index contributed by atoms with van der Waals surface area (Å²) in [6.45, 7) is 4.08. The van der Waals surface area contributed by atoms with E-state index in [9.17, 15) is 8.78 Å². The molecule has 0 unspecified atom stereocenters. The SMILES string of the molecule is Cc1nc2ncc(-c3ccn4nc(NC5CC6(CNC6)C5)ncc34)cc2n1C1CC(F)(F)C1. The van der Waals surface area contributed by atoms with Crippen molar-refractivity contribution in [1.82, 2.24) is 34.4 Å². The summed E-state index contributed by atoms with van der Waals surface area (Å²) in [4.78, 5) is 13.6. The van der Waals surface area contributed by atoms with Crippen LogP contribution in [0, 0.1) is 12.3 Å². The van der Waals surface area contributed by atoms with Gasteiger partial charge in [0.2, 0.25) is 5.95 Å². The van der Waals surface area contributed by atoms with E-state index in [4.69, 9.17) is 0 Å². The predicted octanol–water partition coefficient (Wildman–Crippen LogP) is 3.58. The monoisotopic (exact) mass is 450 g/mol. The zero-order chi connectivity index (χ0) is 22.4. The fraction of sp³-hybridized carbons (Fsp3) is 0.478. The van der Waals surface area contributed by atoms with Crippen LogP contribution in [0.1, 0.15) is 37.5 Å². The molecule has 2 saturated carbocycles. The molecule has 0 aromatic carbocycles. The number of hydrogen-bond acceptors (Lipinski definition) is 6. The smallest absolute Gasteiger partial charge is 0.252 e. The molecular formula is C23H24F2N8. The maximum atomic E-state index is 13.5. The third-order valence-electron chi connectivity index (χ3n) is 7.58. The van der Waals surface area contributed by atoms with Gasteiger partial charge in [-0.3, -0.25) is 0 Å². The molecule has 3 aliphatic rings. The lowest BCUT2D eigenvalue weighted by Gasteiger charge is -2.54. The summed E-state index contributed by atoms with van der Waals surface area (Å²) in [5.74, 6) is -1.24. The zero-order valence-corrected chi connectivity index (χ0v) is 18.2. The van der Waals surface area contributed by atoms with Crippen LogP contribution < -0.4 is 10.6 Å². The molecule has 10 heteroatoms. The van der Waals surface area contributed by atoms with E-state index in [1.54, 1.807) is 6.20 Å². The number of pyridine rings is 1. The number of nitrogens with zero attached hydrogens (tertiary/aromatic N) is 6. The Bertz CT molecular complexity index is 1390. The fourth-order valence-corrected chi connectivity index (χ4v) is 5.76. The molecule has 3 fully saturated rings. The van der Waals surface area contributed by atoms with Gasteiger partial charge in [-0.25, -0.2) is 28.2 Å². The average molecular weight is 450 g/mol. The Labute approximate surface area is 188 Å². The summed E-state index contributed by atoms with van der Waals surface area (Å²) in [6, 6.07) is 4.15. The van der Waals surface area contributed by atoms with Crippen LogP contribution in [0.15, 0.2) is 30.7 Å². The highest BCUT2D eigenvalue weighted by molar-refractivity contribution is 5.85. The maximum absolute atomic E-state index is 13.5. The van der Waals surface area contributed by atoms with Crippen LogP contribution in [-0.2, 0) is 0 Å². The normalized spacial score (nSPS) is 21.8. The number of aryl methyl sites for hydroxylation is 1. The summed E-state index contributed by atoms with van der Waals surface area (Å²) in [7, 11) is 0. The average Bonchev–Trinajstić information content (AvgIpc) is 3.26. The lowest BCUT2D eigenvalue weighted by Crippen LogP contribution is -2.63. The Hall–Kier alpha value is -3.14. The first-order valence-corrected chi connectivity index (χ1v) is 11.4. The molecule has 5 heterocycles. The number of aromatic nitrogens is 6. The molecular weight excluding hydrogens is 426 g/mol. The highest BCUT2D eigenvalue weighted by Crippen LogP contribution is 2.47. The van der Waals surface area contributed by atoms with Crippen LogP contribution in [0.2, 0.25) is 0 Å². The van der Waals surface area contributed by atoms with E-state index in [-0.39, 0.29) is 18.9 Å². The van der Waals surface area contributed by atoms with Crippen molar-refractivity contribution in [3.63, 3.8) is 0 Å². The molecule has 1 saturated heterocycles. The quantitative estimate of drug-likeness (QED) is 0.494. The minimum absolute atomic E-state index is 0.152. The van der Waals surface area contributed by atoms with Crippen LogP contribution in [0.25, 0.3) is 27.8 Å². The van der Waals surface area contributed by atoms with Crippen molar-refractivity contribution >= 4 is 22.6 Å². The van der Waals surface area contributed by atoms with Crippen molar-refractivity contribution in [2.45, 2.75) is 50.6 Å². The number of imidazole rings is 1. The van der Waals surface area contributed by atoms with Crippen molar-refractivity contribution < 1.29 is 8.78 Å². The van der Waals surface area contributed by atoms with Gasteiger partial charge in [0, 0.05) is 61.5 Å². The first kappa shape index (κ1) is 19.3. The van der Waals surface area contributed by atoms with Gasteiger partial charge in [0.05, 0.1) is 17.2 Å². The number of anilines is 1. The van der Waals surface area contributed by atoms with Crippen molar-refractivity contribution in [2.24, 2.45) is 5.41 Å². The van der Waals surface area contributed by atoms with Gasteiger partial charge in [-0.1, -0.05) is 0 Å². The molecule has 0 amide bonds. The lowest BCUT2D eigenvalue weighted by molar-refractivity contribution is -0.103. The Morgan fingerprint density at radius 2 is 1.91 bits per heavy atom. The van der Waals surface area contributed by atoms with E-state index >= 15 is 0 Å². The van der Waals surface area contributed by atoms with Gasteiger partial charge in [-0.05, 0) is 37.3 Å². The second kappa shape index (κ2) is 6.47. The lowest BCUT2D eigenvalue weighted by atomic mass is 9.62. The first-order valence-electron chi connectivity index (χ1n) is 11.4. The minimum atomic E-state index is -2.59. The Balaban J connectivity index is 1.19. The first-order chi connectivity index (χ1) is 15.9. The van der Waals surface area contributed by atoms with Crippen molar-refractivity contribution in [1.29, 1.82) is 0 Å². The van der Waals surface area contributed by atoms with Crippen molar-refractivity contribution in [3.05, 3.63) is 36.5 Å². The summed E-state index contributed by atoms with van der Waals surface area (Å²) in [6.07, 6.45) is 7.52. The Morgan fingerprint density at radius 3 is 2.64 bits per heavy atom. The number of halogens is 2. The van der Waals surface area contributed by atoms with Gasteiger partial charge in [0.15, 0.2) is 5.65 Å². The van der Waals surface area contributed by atoms with Gasteiger partial charge >= 0.3 is 0 Å². The van der Waals surface area contributed by atoms with Crippen LogP contribution in [0.4, 0.5) is 14.7 Å². The number of hydrogen-bond donors (Lipinski definition) is 2. The maximum Gasteiger partial charge on any atom is 0.252 e. The Kier molecular flexibility index (Phi) is 3.79. The van der Waals surface area contributed by atoms with Gasteiger partial charge in [0.25, 0.3) is 5.92 Å². The van der Waals surface area contributed by atoms with E-state index in [0.29, 0.717) is 28.9 Å². The summed E-state index contributed by atoms with van der Waals surface area (Å²) >= 11 is 0. The highest BCUT2D eigenvalue weighted by Gasteiger charge is 2.48. The van der Waals surface area contributed by atoms with E-state index in [0.717, 1.165) is 48.1 Å². The second-order valence-electron chi connectivity index (χ2n) is 10.0. The predicted molar refractivity (Wildman–Crippen MR) is 119 cm³/mol. The fourth-order valence-electron chi connectivity index (χ4n) is 5.76. The molecule has 0 bridgehead atoms. The van der Waals surface area contributed by atoms with Gasteiger partial charge in [0.1, 0.15) is 5.82 Å². The van der Waals surface area contributed by atoms with E-state index in [2.05, 4.69) is 30.7 Å². The summed E-state index contributed by atoms with van der Waals surface area (Å²) in [5.41, 5.74) is 4.57. The van der Waals surface area contributed by atoms with E-state index in [1.165, 1.54) is 0 Å². The standard InChI is InChI=1S/C23H24F2N8/c1-13-29-20-18(33(13)16-7-23(24,25)8-16)4-14(9-27-20)17-2-3-32-19(17)10-28-21(31-32)30-15-5-22(6-15)11-26-12-22/h2-4,9-10,15-16,26H,5-8,11-12H2,1H3,(H,30,31). The van der Waals surface area contributed by atoms with Crippen LogP contribution >= 0.6 is 0 Å². The van der Waals surface area contributed by atoms with Gasteiger partial charge < -0.3 is 15.2 Å². The molecule has 1 aliphatic heterocycles. The highest BCUT2D eigenvalue weighted by atomic mass is 19.3. The number of rotatable bonds is 4. The molecule has 0 atom stereocenters. The summed E-state index contributed by atoms with van der Waals surface area (Å²) in [5, 5.41) is 11.5.